The number of halogens is 1. The third-order valence-corrected chi connectivity index (χ3v) is 5.87. The zero-order chi connectivity index (χ0) is 18.4. The van der Waals surface area contributed by atoms with E-state index in [1.54, 1.807) is 0 Å². The van der Waals surface area contributed by atoms with Gasteiger partial charge in [0.05, 0.1) is 0 Å². The van der Waals surface area contributed by atoms with E-state index in [4.69, 9.17) is 4.42 Å². The van der Waals surface area contributed by atoms with Crippen molar-refractivity contribution in [3.63, 3.8) is 0 Å². The van der Waals surface area contributed by atoms with Crippen molar-refractivity contribution in [3.8, 4) is 0 Å². The van der Waals surface area contributed by atoms with E-state index in [0.717, 1.165) is 28.8 Å². The highest BCUT2D eigenvalue weighted by Crippen LogP contribution is 2.25. The van der Waals surface area contributed by atoms with E-state index in [-0.39, 0.29) is 28.7 Å². The van der Waals surface area contributed by atoms with Crippen LogP contribution in [-0.2, 0) is 17.3 Å². The minimum Gasteiger partial charge on any atom is -0.459 e. The molecule has 1 heterocycles. The molecule has 146 valence electrons. The lowest BCUT2D eigenvalue weighted by molar-refractivity contribution is 0.548. The van der Waals surface area contributed by atoms with Gasteiger partial charge in [0.1, 0.15) is 17.9 Å². The second-order valence-electron chi connectivity index (χ2n) is 6.93. The predicted octanol–water partition coefficient (Wildman–Crippen LogP) is 3.96. The number of nitrogens with zero attached hydrogens (tertiary/aromatic N) is 1. The highest BCUT2D eigenvalue weighted by Gasteiger charge is 2.18. The molecule has 1 aromatic carbocycles. The van der Waals surface area contributed by atoms with Crippen LogP contribution in [0.15, 0.2) is 33.7 Å². The van der Waals surface area contributed by atoms with Crippen molar-refractivity contribution in [2.45, 2.75) is 45.9 Å². The molecule has 0 bridgehead atoms. The molecule has 0 aliphatic rings. The molecule has 5 nitrogen and oxygen atoms in total. The molecular formula is C19H30IN3O2S. The first-order chi connectivity index (χ1) is 11.8. The van der Waals surface area contributed by atoms with Crippen molar-refractivity contribution < 1.29 is 8.63 Å². The van der Waals surface area contributed by atoms with Crippen LogP contribution in [0, 0.1) is 6.92 Å². The quantitative estimate of drug-likeness (QED) is 0.365. The van der Waals surface area contributed by atoms with Gasteiger partial charge < -0.3 is 15.1 Å². The fourth-order valence-corrected chi connectivity index (χ4v) is 3.34. The Bertz CT molecular complexity index is 766. The molecule has 0 spiro atoms. The highest BCUT2D eigenvalue weighted by atomic mass is 127. The molecule has 0 saturated heterocycles. The van der Waals surface area contributed by atoms with Gasteiger partial charge in [0, 0.05) is 45.3 Å². The number of guanidine groups is 1. The first-order valence-electron chi connectivity index (χ1n) is 8.70. The molecule has 0 saturated carbocycles. The molecule has 7 heteroatoms. The van der Waals surface area contributed by atoms with Gasteiger partial charge in [0.2, 0.25) is 0 Å². The second-order valence-corrected chi connectivity index (χ2v) is 9.25. The Kier molecular flexibility index (Phi) is 9.09. The molecule has 0 aliphatic carbocycles. The summed E-state index contributed by atoms with van der Waals surface area (Å²) in [6, 6.07) is 8.02. The summed E-state index contributed by atoms with van der Waals surface area (Å²) in [7, 11) is -0.876. The Labute approximate surface area is 175 Å². The van der Waals surface area contributed by atoms with Gasteiger partial charge >= 0.3 is 0 Å². The maximum absolute atomic E-state index is 12.1. The SMILES string of the molecule is CCNC(=NCc1oc2ccccc2c1C)NCCS(=O)C(C)(C)C.I. The van der Waals surface area contributed by atoms with Gasteiger partial charge in [-0.25, -0.2) is 4.99 Å². The number of fused-ring (bicyclic) bond motifs is 1. The van der Waals surface area contributed by atoms with E-state index < -0.39 is 10.8 Å². The number of hydrogen-bond acceptors (Lipinski definition) is 3. The van der Waals surface area contributed by atoms with Crippen LogP contribution in [0.2, 0.25) is 0 Å². The molecule has 1 unspecified atom stereocenters. The van der Waals surface area contributed by atoms with E-state index in [1.807, 2.05) is 45.9 Å². The molecule has 1 atom stereocenters. The van der Waals surface area contributed by atoms with Crippen LogP contribution in [0.5, 0.6) is 0 Å². The first kappa shape index (κ1) is 23.0. The zero-order valence-electron chi connectivity index (χ0n) is 16.2. The summed E-state index contributed by atoms with van der Waals surface area (Å²) in [5, 5.41) is 7.60. The Hall–Kier alpha value is -1.09. The average molecular weight is 491 g/mol. The van der Waals surface area contributed by atoms with E-state index in [0.29, 0.717) is 24.8 Å². The second kappa shape index (κ2) is 10.3. The average Bonchev–Trinajstić information content (AvgIpc) is 2.88. The largest absolute Gasteiger partial charge is 0.459 e. The van der Waals surface area contributed by atoms with Crippen molar-refractivity contribution in [3.05, 3.63) is 35.6 Å². The summed E-state index contributed by atoms with van der Waals surface area (Å²) in [5.41, 5.74) is 2.02. The van der Waals surface area contributed by atoms with Gasteiger partial charge in [-0.3, -0.25) is 4.21 Å². The lowest BCUT2D eigenvalue weighted by atomic mass is 10.1. The number of aryl methyl sites for hydroxylation is 1. The van der Waals surface area contributed by atoms with Crippen LogP contribution in [0.3, 0.4) is 0 Å². The third-order valence-electron chi connectivity index (χ3n) is 3.93. The Balaban J connectivity index is 0.00000338. The number of para-hydroxylation sites is 1. The molecule has 1 aromatic heterocycles. The molecule has 2 rings (SSSR count). The lowest BCUT2D eigenvalue weighted by Gasteiger charge is -2.18. The van der Waals surface area contributed by atoms with Crippen molar-refractivity contribution >= 4 is 51.7 Å². The molecule has 26 heavy (non-hydrogen) atoms. The highest BCUT2D eigenvalue weighted by molar-refractivity contribution is 14.0. The summed E-state index contributed by atoms with van der Waals surface area (Å²) >= 11 is 0. The monoisotopic (exact) mass is 491 g/mol. The Morgan fingerprint density at radius 3 is 2.54 bits per heavy atom. The topological polar surface area (TPSA) is 66.6 Å². The molecule has 0 radical (unpaired) electrons. The maximum atomic E-state index is 12.1. The molecule has 2 aromatic rings. The van der Waals surface area contributed by atoms with E-state index >= 15 is 0 Å². The van der Waals surface area contributed by atoms with Gasteiger partial charge in [-0.15, -0.1) is 24.0 Å². The number of nitrogens with one attached hydrogen (secondary N) is 2. The third kappa shape index (κ3) is 6.26. The van der Waals surface area contributed by atoms with Crippen molar-refractivity contribution in [2.75, 3.05) is 18.8 Å². The van der Waals surface area contributed by atoms with Gasteiger partial charge in [0.15, 0.2) is 5.96 Å². The smallest absolute Gasteiger partial charge is 0.191 e. The lowest BCUT2D eigenvalue weighted by Crippen LogP contribution is -2.40. The number of furan rings is 1. The zero-order valence-corrected chi connectivity index (χ0v) is 19.4. The molecule has 0 aliphatic heterocycles. The number of hydrogen-bond donors (Lipinski definition) is 2. The maximum Gasteiger partial charge on any atom is 0.191 e. The fraction of sp³-hybridized carbons (Fsp3) is 0.526. The van der Waals surface area contributed by atoms with Crippen LogP contribution in [0.25, 0.3) is 11.0 Å². The number of benzene rings is 1. The van der Waals surface area contributed by atoms with Crippen molar-refractivity contribution in [1.29, 1.82) is 0 Å². The van der Waals surface area contributed by atoms with Gasteiger partial charge in [-0.2, -0.15) is 0 Å². The van der Waals surface area contributed by atoms with Gasteiger partial charge in [0.25, 0.3) is 0 Å². The van der Waals surface area contributed by atoms with Crippen molar-refractivity contribution in [2.24, 2.45) is 4.99 Å². The van der Waals surface area contributed by atoms with E-state index in [2.05, 4.69) is 28.6 Å². The van der Waals surface area contributed by atoms with Crippen LogP contribution < -0.4 is 10.6 Å². The summed E-state index contributed by atoms with van der Waals surface area (Å²) in [4.78, 5) is 4.60. The first-order valence-corrected chi connectivity index (χ1v) is 10.0. The van der Waals surface area contributed by atoms with Gasteiger partial charge in [-0.1, -0.05) is 18.2 Å². The molecule has 2 N–H and O–H groups in total. The summed E-state index contributed by atoms with van der Waals surface area (Å²) < 4.78 is 17.8. The molecule has 0 amide bonds. The normalized spacial score (nSPS) is 13.3. The predicted molar refractivity (Wildman–Crippen MR) is 122 cm³/mol. The summed E-state index contributed by atoms with van der Waals surface area (Å²) in [6.07, 6.45) is 0. The summed E-state index contributed by atoms with van der Waals surface area (Å²) in [6.45, 7) is 11.9. The minimum atomic E-state index is -0.876. The number of aliphatic imine (C=N–C) groups is 1. The fourth-order valence-electron chi connectivity index (χ4n) is 2.44. The number of rotatable bonds is 6. The van der Waals surface area contributed by atoms with Crippen LogP contribution in [0.4, 0.5) is 0 Å². The van der Waals surface area contributed by atoms with E-state index in [1.165, 1.54) is 0 Å². The molecular weight excluding hydrogens is 461 g/mol. The minimum absolute atomic E-state index is 0. The standard InChI is InChI=1S/C19H29N3O2S.HI/c1-6-20-18(21-11-12-25(23)19(3,4)5)22-13-17-14(2)15-9-7-8-10-16(15)24-17;/h7-10H,6,11-13H2,1-5H3,(H2,20,21,22);1H. The van der Waals surface area contributed by atoms with Crippen LogP contribution in [-0.4, -0.2) is 33.8 Å². The Morgan fingerprint density at radius 1 is 1.23 bits per heavy atom. The van der Waals surface area contributed by atoms with Crippen LogP contribution >= 0.6 is 24.0 Å². The Morgan fingerprint density at radius 2 is 1.92 bits per heavy atom. The molecule has 0 fully saturated rings. The van der Waals surface area contributed by atoms with Crippen molar-refractivity contribution in [1.82, 2.24) is 10.6 Å². The van der Waals surface area contributed by atoms with Crippen LogP contribution in [0.1, 0.15) is 39.0 Å². The summed E-state index contributed by atoms with van der Waals surface area (Å²) in [5.74, 6) is 2.18. The van der Waals surface area contributed by atoms with E-state index in [9.17, 15) is 4.21 Å². The van der Waals surface area contributed by atoms with Gasteiger partial charge in [-0.05, 0) is 40.7 Å².